The van der Waals surface area contributed by atoms with Crippen LogP contribution in [0.4, 0.5) is 0 Å². The number of likely N-dealkylation sites (tertiary alicyclic amines) is 1. The summed E-state index contributed by atoms with van der Waals surface area (Å²) in [5.41, 5.74) is 1.38. The summed E-state index contributed by atoms with van der Waals surface area (Å²) in [4.78, 5) is 20.3. The van der Waals surface area contributed by atoms with Crippen LogP contribution in [0, 0.1) is 0 Å². The van der Waals surface area contributed by atoms with Crippen molar-refractivity contribution in [2.45, 2.75) is 44.6 Å². The molecule has 1 aromatic rings. The van der Waals surface area contributed by atoms with Crippen molar-refractivity contribution in [2.75, 3.05) is 39.3 Å². The molecule has 2 aliphatic rings. The summed E-state index contributed by atoms with van der Waals surface area (Å²) >= 11 is 0. The predicted octanol–water partition coefficient (Wildman–Crippen LogP) is 2.23. The molecule has 2 heterocycles. The number of benzene rings is 1. The number of carbonyl (C=O) groups is 1. The lowest BCUT2D eigenvalue weighted by molar-refractivity contribution is -0.181. The molecule has 1 N–H and O–H groups in total. The van der Waals surface area contributed by atoms with Crippen molar-refractivity contribution in [3.8, 4) is 0 Å². The molecule has 3 rings (SSSR count). The van der Waals surface area contributed by atoms with Gasteiger partial charge in [0.15, 0.2) is 0 Å². The van der Waals surface area contributed by atoms with Crippen LogP contribution in [0.5, 0.6) is 0 Å². The summed E-state index contributed by atoms with van der Waals surface area (Å²) in [6, 6.07) is 10.9. The first-order valence-electron chi connectivity index (χ1n) is 9.73. The van der Waals surface area contributed by atoms with E-state index >= 15 is 0 Å². The number of carbonyl (C=O) groups excluding carboxylic acids is 1. The molecule has 25 heavy (non-hydrogen) atoms. The molecule has 0 saturated carbocycles. The van der Waals surface area contributed by atoms with E-state index in [2.05, 4.69) is 40.5 Å². The van der Waals surface area contributed by atoms with Gasteiger partial charge in [-0.3, -0.25) is 9.63 Å². The van der Waals surface area contributed by atoms with E-state index in [4.69, 9.17) is 4.84 Å². The third-order valence-electron chi connectivity index (χ3n) is 5.09. The molecule has 2 saturated heterocycles. The molecule has 0 aromatic heterocycles. The standard InChI is InChI=1S/C20H31N3O2/c24-20(11-15-23-13-4-5-16-25-23)21-19-9-6-12-22(17-19)14-10-18-7-2-1-3-8-18/h1-3,7-8,19H,4-6,9-17H2,(H,21,24)/t19-/m0/s1. The van der Waals surface area contributed by atoms with Crippen LogP contribution in [0.25, 0.3) is 0 Å². The van der Waals surface area contributed by atoms with Crippen LogP contribution in [-0.4, -0.2) is 61.2 Å². The normalized spacial score (nSPS) is 22.6. The largest absolute Gasteiger partial charge is 0.352 e. The number of piperidine rings is 1. The predicted molar refractivity (Wildman–Crippen MR) is 99.1 cm³/mol. The Morgan fingerprint density at radius 3 is 2.80 bits per heavy atom. The number of hydroxylamine groups is 2. The third-order valence-corrected chi connectivity index (χ3v) is 5.09. The SMILES string of the molecule is O=C(CCN1CCCCO1)N[C@H]1CCCN(CCc2ccccc2)C1. The molecule has 0 aliphatic carbocycles. The second-order valence-corrected chi connectivity index (χ2v) is 7.16. The zero-order valence-corrected chi connectivity index (χ0v) is 15.2. The number of nitrogens with zero attached hydrogens (tertiary/aromatic N) is 2. The summed E-state index contributed by atoms with van der Waals surface area (Å²) in [6.45, 7) is 5.62. The van der Waals surface area contributed by atoms with Gasteiger partial charge in [0.1, 0.15) is 0 Å². The molecule has 2 fully saturated rings. The van der Waals surface area contributed by atoms with Crippen LogP contribution < -0.4 is 5.32 Å². The van der Waals surface area contributed by atoms with Crippen molar-refractivity contribution in [3.05, 3.63) is 35.9 Å². The van der Waals surface area contributed by atoms with E-state index in [0.717, 1.165) is 58.5 Å². The molecule has 1 atom stereocenters. The molecule has 0 radical (unpaired) electrons. The minimum Gasteiger partial charge on any atom is -0.352 e. The van der Waals surface area contributed by atoms with Crippen LogP contribution in [0.2, 0.25) is 0 Å². The van der Waals surface area contributed by atoms with Gasteiger partial charge in [-0.2, -0.15) is 5.06 Å². The summed E-state index contributed by atoms with van der Waals surface area (Å²) < 4.78 is 0. The van der Waals surface area contributed by atoms with Gasteiger partial charge >= 0.3 is 0 Å². The highest BCUT2D eigenvalue weighted by molar-refractivity contribution is 5.76. The molecule has 5 heteroatoms. The van der Waals surface area contributed by atoms with Gasteiger partial charge in [-0.25, -0.2) is 0 Å². The highest BCUT2D eigenvalue weighted by atomic mass is 16.7. The molecule has 0 spiro atoms. The highest BCUT2D eigenvalue weighted by Crippen LogP contribution is 2.12. The van der Waals surface area contributed by atoms with Crippen molar-refractivity contribution in [1.29, 1.82) is 0 Å². The lowest BCUT2D eigenvalue weighted by Gasteiger charge is -2.33. The van der Waals surface area contributed by atoms with Gasteiger partial charge < -0.3 is 10.2 Å². The first kappa shape index (κ1) is 18.4. The van der Waals surface area contributed by atoms with Gasteiger partial charge in [0.25, 0.3) is 0 Å². The molecular weight excluding hydrogens is 314 g/mol. The Morgan fingerprint density at radius 1 is 1.12 bits per heavy atom. The van der Waals surface area contributed by atoms with Gasteiger partial charge in [-0.1, -0.05) is 30.3 Å². The van der Waals surface area contributed by atoms with E-state index in [9.17, 15) is 4.79 Å². The summed E-state index contributed by atoms with van der Waals surface area (Å²) in [5.74, 6) is 0.157. The minimum absolute atomic E-state index is 0.157. The molecule has 1 aromatic carbocycles. The van der Waals surface area contributed by atoms with E-state index < -0.39 is 0 Å². The molecule has 1 amide bonds. The lowest BCUT2D eigenvalue weighted by Crippen LogP contribution is -2.48. The van der Waals surface area contributed by atoms with Crippen molar-refractivity contribution in [2.24, 2.45) is 0 Å². The molecule has 5 nitrogen and oxygen atoms in total. The zero-order chi connectivity index (χ0) is 17.3. The fourth-order valence-electron chi connectivity index (χ4n) is 3.66. The van der Waals surface area contributed by atoms with Gasteiger partial charge in [0, 0.05) is 38.6 Å². The first-order chi connectivity index (χ1) is 12.3. The van der Waals surface area contributed by atoms with E-state index in [-0.39, 0.29) is 5.91 Å². The summed E-state index contributed by atoms with van der Waals surface area (Å²) in [6.07, 6.45) is 6.15. The van der Waals surface area contributed by atoms with Crippen LogP contribution in [0.15, 0.2) is 30.3 Å². The van der Waals surface area contributed by atoms with Gasteiger partial charge in [-0.05, 0) is 44.2 Å². The van der Waals surface area contributed by atoms with Crippen LogP contribution in [0.3, 0.4) is 0 Å². The Morgan fingerprint density at radius 2 is 2.00 bits per heavy atom. The van der Waals surface area contributed by atoms with Crippen molar-refractivity contribution >= 4 is 5.91 Å². The van der Waals surface area contributed by atoms with Crippen LogP contribution in [-0.2, 0) is 16.1 Å². The second-order valence-electron chi connectivity index (χ2n) is 7.16. The van der Waals surface area contributed by atoms with E-state index in [1.165, 1.54) is 12.0 Å². The van der Waals surface area contributed by atoms with Crippen LogP contribution in [0.1, 0.15) is 37.7 Å². The maximum absolute atomic E-state index is 12.2. The lowest BCUT2D eigenvalue weighted by atomic mass is 10.0. The number of hydrogen-bond acceptors (Lipinski definition) is 4. The average molecular weight is 345 g/mol. The van der Waals surface area contributed by atoms with Crippen molar-refractivity contribution in [3.63, 3.8) is 0 Å². The Hall–Kier alpha value is -1.43. The molecule has 2 aliphatic heterocycles. The third kappa shape index (κ3) is 6.42. The molecular formula is C20H31N3O2. The molecule has 138 valence electrons. The fourth-order valence-corrected chi connectivity index (χ4v) is 3.66. The van der Waals surface area contributed by atoms with Crippen molar-refractivity contribution < 1.29 is 9.63 Å². The van der Waals surface area contributed by atoms with Gasteiger partial charge in [-0.15, -0.1) is 0 Å². The topological polar surface area (TPSA) is 44.8 Å². The smallest absolute Gasteiger partial charge is 0.221 e. The number of amides is 1. The van der Waals surface area contributed by atoms with E-state index in [1.807, 2.05) is 5.06 Å². The van der Waals surface area contributed by atoms with E-state index in [0.29, 0.717) is 19.0 Å². The average Bonchev–Trinajstić information content (AvgIpc) is 2.67. The minimum atomic E-state index is 0.157. The first-order valence-corrected chi connectivity index (χ1v) is 9.73. The monoisotopic (exact) mass is 345 g/mol. The van der Waals surface area contributed by atoms with Gasteiger partial charge in [0.05, 0.1) is 6.61 Å². The Bertz CT molecular complexity index is 517. The van der Waals surface area contributed by atoms with Crippen molar-refractivity contribution in [1.82, 2.24) is 15.3 Å². The summed E-state index contributed by atoms with van der Waals surface area (Å²) in [7, 11) is 0. The maximum atomic E-state index is 12.2. The number of rotatable bonds is 7. The quantitative estimate of drug-likeness (QED) is 0.823. The van der Waals surface area contributed by atoms with Gasteiger partial charge in [0.2, 0.25) is 5.91 Å². The number of nitrogens with one attached hydrogen (secondary N) is 1. The van der Waals surface area contributed by atoms with Crippen LogP contribution >= 0.6 is 0 Å². The summed E-state index contributed by atoms with van der Waals surface area (Å²) in [5, 5.41) is 5.16. The molecule has 0 unspecified atom stereocenters. The maximum Gasteiger partial charge on any atom is 0.221 e. The molecule has 0 bridgehead atoms. The Labute approximate surface area is 151 Å². The van der Waals surface area contributed by atoms with E-state index in [1.54, 1.807) is 0 Å². The number of hydrogen-bond donors (Lipinski definition) is 1. The second kappa shape index (κ2) is 9.90. The Balaban J connectivity index is 1.35. The highest BCUT2D eigenvalue weighted by Gasteiger charge is 2.21. The fraction of sp³-hybridized carbons (Fsp3) is 0.650. The Kier molecular flexibility index (Phi) is 7.27. The zero-order valence-electron chi connectivity index (χ0n) is 15.2.